The third-order valence-electron chi connectivity index (χ3n) is 5.01. The molecule has 1 saturated heterocycles. The van der Waals surface area contributed by atoms with Crippen LogP contribution >= 0.6 is 0 Å². The molecule has 0 spiro atoms. The molecule has 2 unspecified atom stereocenters. The lowest BCUT2D eigenvalue weighted by Crippen LogP contribution is -2.44. The fourth-order valence-corrected chi connectivity index (χ4v) is 3.99. The first-order chi connectivity index (χ1) is 10.3. The summed E-state index contributed by atoms with van der Waals surface area (Å²) in [5.41, 5.74) is 0.690. The standard InChI is InChI=1S/C18H25NO2/c1-14(20)16-8-2-3-10-18(16)21-13-12-19-11-5-7-15-6-4-9-17(15)19/h2-3,8,10,15,17H,4-7,9,11-13H2,1H3. The van der Waals surface area contributed by atoms with E-state index in [0.29, 0.717) is 12.2 Å². The Bertz CT molecular complexity index is 500. The van der Waals surface area contributed by atoms with Gasteiger partial charge in [-0.25, -0.2) is 0 Å². The summed E-state index contributed by atoms with van der Waals surface area (Å²) in [6.07, 6.45) is 6.89. The number of nitrogens with zero attached hydrogens (tertiary/aromatic N) is 1. The Labute approximate surface area is 127 Å². The van der Waals surface area contributed by atoms with Gasteiger partial charge >= 0.3 is 0 Å². The molecule has 1 aromatic rings. The molecule has 114 valence electrons. The molecule has 0 bridgehead atoms. The normalized spacial score (nSPS) is 25.6. The highest BCUT2D eigenvalue weighted by molar-refractivity contribution is 5.96. The maximum Gasteiger partial charge on any atom is 0.163 e. The van der Waals surface area contributed by atoms with E-state index >= 15 is 0 Å². The first kappa shape index (κ1) is 14.6. The second kappa shape index (κ2) is 6.61. The molecule has 1 aromatic carbocycles. The van der Waals surface area contributed by atoms with Crippen molar-refractivity contribution in [2.24, 2.45) is 5.92 Å². The maximum absolute atomic E-state index is 11.6. The van der Waals surface area contributed by atoms with Gasteiger partial charge in [0.1, 0.15) is 12.4 Å². The van der Waals surface area contributed by atoms with Crippen LogP contribution in [0.15, 0.2) is 24.3 Å². The van der Waals surface area contributed by atoms with Crippen molar-refractivity contribution in [3.05, 3.63) is 29.8 Å². The molecular formula is C18H25NO2. The summed E-state index contributed by atoms with van der Waals surface area (Å²) < 4.78 is 5.89. The van der Waals surface area contributed by atoms with Gasteiger partial charge in [-0.2, -0.15) is 0 Å². The number of piperidine rings is 1. The molecule has 0 amide bonds. The smallest absolute Gasteiger partial charge is 0.163 e. The molecule has 0 radical (unpaired) electrons. The molecule has 1 heterocycles. The number of benzene rings is 1. The van der Waals surface area contributed by atoms with E-state index in [9.17, 15) is 4.79 Å². The van der Waals surface area contributed by atoms with Gasteiger partial charge in [-0.15, -0.1) is 0 Å². The predicted octanol–water partition coefficient (Wildman–Crippen LogP) is 3.53. The van der Waals surface area contributed by atoms with Crippen molar-refractivity contribution in [2.45, 2.75) is 45.1 Å². The first-order valence-electron chi connectivity index (χ1n) is 8.22. The number of para-hydroxylation sites is 1. The lowest BCUT2D eigenvalue weighted by Gasteiger charge is -2.37. The van der Waals surface area contributed by atoms with E-state index in [1.807, 2.05) is 24.3 Å². The monoisotopic (exact) mass is 287 g/mol. The van der Waals surface area contributed by atoms with Gasteiger partial charge in [0.2, 0.25) is 0 Å². The van der Waals surface area contributed by atoms with Gasteiger partial charge in [0.15, 0.2) is 5.78 Å². The zero-order chi connectivity index (χ0) is 14.7. The summed E-state index contributed by atoms with van der Waals surface area (Å²) in [5, 5.41) is 0. The summed E-state index contributed by atoms with van der Waals surface area (Å²) in [4.78, 5) is 14.2. The minimum Gasteiger partial charge on any atom is -0.491 e. The van der Waals surface area contributed by atoms with Crippen molar-refractivity contribution >= 4 is 5.78 Å². The third kappa shape index (κ3) is 3.29. The van der Waals surface area contributed by atoms with Crippen LogP contribution in [-0.4, -0.2) is 36.4 Å². The third-order valence-corrected chi connectivity index (χ3v) is 5.01. The van der Waals surface area contributed by atoms with Gasteiger partial charge in [-0.05, 0) is 57.2 Å². The molecule has 2 atom stereocenters. The van der Waals surface area contributed by atoms with E-state index in [0.717, 1.165) is 24.3 Å². The Hall–Kier alpha value is -1.35. The van der Waals surface area contributed by atoms with E-state index in [2.05, 4.69) is 4.90 Å². The molecule has 3 heteroatoms. The van der Waals surface area contributed by atoms with Crippen LogP contribution in [-0.2, 0) is 0 Å². The topological polar surface area (TPSA) is 29.5 Å². The van der Waals surface area contributed by atoms with Crippen molar-refractivity contribution < 1.29 is 9.53 Å². The van der Waals surface area contributed by atoms with E-state index in [1.54, 1.807) is 6.92 Å². The number of hydrogen-bond acceptors (Lipinski definition) is 3. The molecule has 2 fully saturated rings. The second-order valence-corrected chi connectivity index (χ2v) is 6.34. The average Bonchev–Trinajstić information content (AvgIpc) is 2.97. The summed E-state index contributed by atoms with van der Waals surface area (Å²) in [6, 6.07) is 8.33. The molecule has 1 aliphatic carbocycles. The predicted molar refractivity (Wildman–Crippen MR) is 83.9 cm³/mol. The van der Waals surface area contributed by atoms with Crippen molar-refractivity contribution in [2.75, 3.05) is 19.7 Å². The maximum atomic E-state index is 11.6. The summed E-state index contributed by atoms with van der Waals surface area (Å²) in [5.74, 6) is 1.72. The van der Waals surface area contributed by atoms with Gasteiger partial charge in [0.25, 0.3) is 0 Å². The fraction of sp³-hybridized carbons (Fsp3) is 0.611. The highest BCUT2D eigenvalue weighted by Crippen LogP contribution is 2.36. The molecule has 1 aliphatic heterocycles. The average molecular weight is 287 g/mol. The van der Waals surface area contributed by atoms with Gasteiger partial charge < -0.3 is 4.74 Å². The van der Waals surface area contributed by atoms with E-state index in [-0.39, 0.29) is 5.78 Å². The largest absolute Gasteiger partial charge is 0.491 e. The number of ether oxygens (including phenoxy) is 1. The number of ketones is 1. The Morgan fingerprint density at radius 3 is 2.90 bits per heavy atom. The number of carbonyl (C=O) groups excluding carboxylic acids is 1. The molecule has 0 N–H and O–H groups in total. The van der Waals surface area contributed by atoms with Gasteiger partial charge in [0.05, 0.1) is 5.56 Å². The number of Topliss-reactive ketones (excluding diaryl/α,β-unsaturated/α-hetero) is 1. The highest BCUT2D eigenvalue weighted by atomic mass is 16.5. The quantitative estimate of drug-likeness (QED) is 0.776. The minimum absolute atomic E-state index is 0.0689. The molecule has 21 heavy (non-hydrogen) atoms. The van der Waals surface area contributed by atoms with E-state index in [1.165, 1.54) is 38.6 Å². The minimum atomic E-state index is 0.0689. The number of fused-ring (bicyclic) bond motifs is 1. The lowest BCUT2D eigenvalue weighted by molar-refractivity contribution is 0.0936. The first-order valence-corrected chi connectivity index (χ1v) is 8.22. The number of hydrogen-bond donors (Lipinski definition) is 0. The highest BCUT2D eigenvalue weighted by Gasteiger charge is 2.34. The van der Waals surface area contributed by atoms with E-state index < -0.39 is 0 Å². The number of rotatable bonds is 5. The van der Waals surface area contributed by atoms with Gasteiger partial charge in [0, 0.05) is 12.6 Å². The molecule has 3 nitrogen and oxygen atoms in total. The van der Waals surface area contributed by atoms with Crippen molar-refractivity contribution in [3.8, 4) is 5.75 Å². The van der Waals surface area contributed by atoms with Crippen LogP contribution in [0.4, 0.5) is 0 Å². The summed E-state index contributed by atoms with van der Waals surface area (Å²) >= 11 is 0. The fourth-order valence-electron chi connectivity index (χ4n) is 3.99. The van der Waals surface area contributed by atoms with Crippen LogP contribution in [0.2, 0.25) is 0 Å². The van der Waals surface area contributed by atoms with Crippen LogP contribution in [0.5, 0.6) is 5.75 Å². The zero-order valence-electron chi connectivity index (χ0n) is 12.9. The van der Waals surface area contributed by atoms with Crippen LogP contribution in [0.25, 0.3) is 0 Å². The Morgan fingerprint density at radius 2 is 2.05 bits per heavy atom. The summed E-state index contributed by atoms with van der Waals surface area (Å²) in [7, 11) is 0. The van der Waals surface area contributed by atoms with Crippen molar-refractivity contribution in [1.29, 1.82) is 0 Å². The number of carbonyl (C=O) groups is 1. The van der Waals surface area contributed by atoms with E-state index in [4.69, 9.17) is 4.74 Å². The van der Waals surface area contributed by atoms with Crippen LogP contribution < -0.4 is 4.74 Å². The van der Waals surface area contributed by atoms with Gasteiger partial charge in [-0.1, -0.05) is 18.6 Å². The van der Waals surface area contributed by atoms with Crippen LogP contribution in [0.1, 0.15) is 49.4 Å². The van der Waals surface area contributed by atoms with Crippen LogP contribution in [0, 0.1) is 5.92 Å². The number of likely N-dealkylation sites (tertiary alicyclic amines) is 1. The summed E-state index contributed by atoms with van der Waals surface area (Å²) in [6.45, 7) is 4.45. The van der Waals surface area contributed by atoms with Crippen LogP contribution in [0.3, 0.4) is 0 Å². The molecule has 3 rings (SSSR count). The zero-order valence-corrected chi connectivity index (χ0v) is 12.9. The SMILES string of the molecule is CC(=O)c1ccccc1OCCN1CCCC2CCCC21. The molecular weight excluding hydrogens is 262 g/mol. The molecule has 0 aromatic heterocycles. The second-order valence-electron chi connectivity index (χ2n) is 6.34. The lowest BCUT2D eigenvalue weighted by atomic mass is 9.92. The molecule has 2 aliphatic rings. The van der Waals surface area contributed by atoms with Crippen molar-refractivity contribution in [3.63, 3.8) is 0 Å². The Balaban J connectivity index is 1.55. The van der Waals surface area contributed by atoms with Gasteiger partial charge in [-0.3, -0.25) is 9.69 Å². The van der Waals surface area contributed by atoms with Crippen molar-refractivity contribution in [1.82, 2.24) is 4.90 Å². The molecule has 1 saturated carbocycles. The Kier molecular flexibility index (Phi) is 4.59. The Morgan fingerprint density at radius 1 is 1.24 bits per heavy atom.